The number of nitrogens with zero attached hydrogens (tertiary/aromatic N) is 1. The summed E-state index contributed by atoms with van der Waals surface area (Å²) in [5.74, 6) is 0.185. The Morgan fingerprint density at radius 2 is 1.57 bits per heavy atom. The molecule has 1 unspecified atom stereocenters. The number of carbonyl (C=O) groups is 2. The second-order valence-electron chi connectivity index (χ2n) is 7.77. The third kappa shape index (κ3) is 15.4. The Morgan fingerprint density at radius 1 is 1.00 bits per heavy atom. The van der Waals surface area contributed by atoms with E-state index in [9.17, 15) is 9.59 Å². The average Bonchev–Trinajstić information content (AvgIpc) is 2.91. The molecule has 0 aliphatic carbocycles. The number of rotatable bonds is 8. The first-order valence-corrected chi connectivity index (χ1v) is 13.0. The number of aryl methyl sites for hydroxylation is 1. The van der Waals surface area contributed by atoms with Gasteiger partial charge in [0.15, 0.2) is 0 Å². The summed E-state index contributed by atoms with van der Waals surface area (Å²) in [5, 5.41) is 0.748. The smallest absolute Gasteiger partial charge is 0.253 e. The van der Waals surface area contributed by atoms with Gasteiger partial charge >= 0.3 is 0 Å². The lowest BCUT2D eigenvalue weighted by Gasteiger charge is -2.26. The van der Waals surface area contributed by atoms with Gasteiger partial charge < -0.3 is 19.2 Å². The van der Waals surface area contributed by atoms with Crippen LogP contribution in [0.25, 0.3) is 0 Å². The number of benzene rings is 2. The van der Waals surface area contributed by atoms with Gasteiger partial charge in [-0.25, -0.2) is 0 Å². The van der Waals surface area contributed by atoms with Crippen LogP contribution in [0.15, 0.2) is 54.6 Å². The summed E-state index contributed by atoms with van der Waals surface area (Å²) < 4.78 is 9.72. The SMILES string of the molecule is CC.CCOC(CC=O)CCc1ccc(Cl)cc1.COC.O=C(c1ccccc1)N1CCCCC1. The van der Waals surface area contributed by atoms with Crippen LogP contribution in [0.3, 0.4) is 0 Å². The first-order chi connectivity index (χ1) is 17.0. The quantitative estimate of drug-likeness (QED) is 0.367. The van der Waals surface area contributed by atoms with Crippen molar-refractivity contribution in [1.29, 1.82) is 0 Å². The molecule has 5 nitrogen and oxygen atoms in total. The van der Waals surface area contributed by atoms with Crippen molar-refractivity contribution < 1.29 is 19.1 Å². The fourth-order valence-corrected chi connectivity index (χ4v) is 3.58. The standard InChI is InChI=1S/C13H17ClO2.C12H15NO.C2H6O.C2H6/c1-2-16-13(9-10-15)8-5-11-3-6-12(14)7-4-11;14-12(11-7-3-1-4-8-11)13-9-5-2-6-10-13;1-3-2;1-2/h3-4,6-7,10,13H,2,5,8-9H2,1H3;1,3-4,7-8H,2,5-6,9-10H2;1-2H3;1-2H3. The second-order valence-corrected chi connectivity index (χ2v) is 8.21. The molecule has 3 rings (SSSR count). The molecule has 1 atom stereocenters. The highest BCUT2D eigenvalue weighted by atomic mass is 35.5. The van der Waals surface area contributed by atoms with E-state index in [4.69, 9.17) is 16.3 Å². The second kappa shape index (κ2) is 22.3. The van der Waals surface area contributed by atoms with Crippen molar-refractivity contribution in [2.45, 2.75) is 65.4 Å². The van der Waals surface area contributed by atoms with Crippen LogP contribution in [-0.2, 0) is 20.7 Å². The third-order valence-corrected chi connectivity index (χ3v) is 5.35. The fourth-order valence-electron chi connectivity index (χ4n) is 3.45. The molecule has 1 aliphatic rings. The highest BCUT2D eigenvalue weighted by Crippen LogP contribution is 2.14. The van der Waals surface area contributed by atoms with Gasteiger partial charge in [-0.2, -0.15) is 0 Å². The van der Waals surface area contributed by atoms with E-state index < -0.39 is 0 Å². The maximum atomic E-state index is 11.9. The number of carbonyl (C=O) groups excluding carboxylic acids is 2. The number of methoxy groups -OCH3 is 1. The van der Waals surface area contributed by atoms with E-state index in [-0.39, 0.29) is 12.0 Å². The minimum atomic E-state index is 0.0400. The van der Waals surface area contributed by atoms with Gasteiger partial charge in [0.25, 0.3) is 5.91 Å². The molecule has 6 heteroatoms. The molecule has 2 aromatic carbocycles. The molecular weight excluding hydrogens is 462 g/mol. The summed E-state index contributed by atoms with van der Waals surface area (Å²) in [6.07, 6.45) is 6.78. The van der Waals surface area contributed by atoms with Gasteiger partial charge in [0.1, 0.15) is 6.29 Å². The molecule has 0 spiro atoms. The van der Waals surface area contributed by atoms with E-state index >= 15 is 0 Å². The Balaban J connectivity index is 0.000000561. The largest absolute Gasteiger partial charge is 0.388 e. The first kappa shape index (κ1) is 32.8. The number of likely N-dealkylation sites (tertiary alicyclic amines) is 1. The van der Waals surface area contributed by atoms with Gasteiger partial charge in [-0.1, -0.05) is 55.8 Å². The van der Waals surface area contributed by atoms with Gasteiger partial charge in [0, 0.05) is 50.9 Å². The molecule has 0 N–H and O–H groups in total. The highest BCUT2D eigenvalue weighted by molar-refractivity contribution is 6.30. The molecule has 1 fully saturated rings. The molecule has 2 aromatic rings. The van der Waals surface area contributed by atoms with Crippen LogP contribution in [0.2, 0.25) is 5.02 Å². The number of hydrogen-bond acceptors (Lipinski definition) is 4. The van der Waals surface area contributed by atoms with Gasteiger partial charge in [-0.15, -0.1) is 0 Å². The topological polar surface area (TPSA) is 55.8 Å². The van der Waals surface area contributed by atoms with E-state index in [1.807, 2.05) is 80.3 Å². The Labute approximate surface area is 217 Å². The molecule has 1 heterocycles. The molecular formula is C29H44ClNO4. The lowest BCUT2D eigenvalue weighted by Crippen LogP contribution is -2.35. The number of halogens is 1. The zero-order chi connectivity index (χ0) is 26.3. The number of aldehydes is 1. The summed E-state index contributed by atoms with van der Waals surface area (Å²) >= 11 is 5.80. The molecule has 1 aliphatic heterocycles. The third-order valence-electron chi connectivity index (χ3n) is 5.09. The Bertz CT molecular complexity index is 762. The average molecular weight is 506 g/mol. The van der Waals surface area contributed by atoms with E-state index in [2.05, 4.69) is 4.74 Å². The van der Waals surface area contributed by atoms with Crippen LogP contribution in [0.5, 0.6) is 0 Å². The molecule has 0 saturated carbocycles. The van der Waals surface area contributed by atoms with Crippen molar-refractivity contribution in [2.24, 2.45) is 0 Å². The molecule has 0 radical (unpaired) electrons. The summed E-state index contributed by atoms with van der Waals surface area (Å²) in [6.45, 7) is 8.45. The van der Waals surface area contributed by atoms with Crippen LogP contribution in [0.4, 0.5) is 0 Å². The number of hydrogen-bond donors (Lipinski definition) is 0. The van der Waals surface area contributed by atoms with Crippen molar-refractivity contribution in [1.82, 2.24) is 4.90 Å². The van der Waals surface area contributed by atoms with E-state index in [1.165, 1.54) is 12.0 Å². The molecule has 1 saturated heterocycles. The summed E-state index contributed by atoms with van der Waals surface area (Å²) in [7, 11) is 3.25. The van der Waals surface area contributed by atoms with Gasteiger partial charge in [-0.05, 0) is 68.9 Å². The van der Waals surface area contributed by atoms with E-state index in [1.54, 1.807) is 14.2 Å². The van der Waals surface area contributed by atoms with Crippen LogP contribution in [-0.4, -0.2) is 57.1 Å². The summed E-state index contributed by atoms with van der Waals surface area (Å²) in [4.78, 5) is 24.3. The normalized spacial score (nSPS) is 13.0. The zero-order valence-corrected chi connectivity index (χ0v) is 22.9. The first-order valence-electron chi connectivity index (χ1n) is 12.6. The number of ether oxygens (including phenoxy) is 2. The molecule has 196 valence electrons. The Morgan fingerprint density at radius 3 is 2.09 bits per heavy atom. The Kier molecular flexibility index (Phi) is 20.9. The van der Waals surface area contributed by atoms with Gasteiger partial charge in [-0.3, -0.25) is 4.79 Å². The predicted molar refractivity (Wildman–Crippen MR) is 146 cm³/mol. The minimum Gasteiger partial charge on any atom is -0.388 e. The monoisotopic (exact) mass is 505 g/mol. The molecule has 35 heavy (non-hydrogen) atoms. The fraction of sp³-hybridized carbons (Fsp3) is 0.517. The van der Waals surface area contributed by atoms with Crippen molar-refractivity contribution in [2.75, 3.05) is 33.9 Å². The van der Waals surface area contributed by atoms with Gasteiger partial charge in [0.05, 0.1) is 6.10 Å². The van der Waals surface area contributed by atoms with Crippen molar-refractivity contribution in [3.05, 3.63) is 70.7 Å². The van der Waals surface area contributed by atoms with Crippen LogP contribution in [0.1, 0.15) is 68.8 Å². The summed E-state index contributed by atoms with van der Waals surface area (Å²) in [5.41, 5.74) is 2.04. The van der Waals surface area contributed by atoms with Crippen LogP contribution in [0, 0.1) is 0 Å². The molecule has 1 amide bonds. The number of amides is 1. The maximum absolute atomic E-state index is 11.9. The highest BCUT2D eigenvalue weighted by Gasteiger charge is 2.17. The van der Waals surface area contributed by atoms with Gasteiger partial charge in [0.2, 0.25) is 0 Å². The van der Waals surface area contributed by atoms with Crippen molar-refractivity contribution in [3.63, 3.8) is 0 Å². The molecule has 0 bridgehead atoms. The molecule has 0 aromatic heterocycles. The van der Waals surface area contributed by atoms with Crippen molar-refractivity contribution in [3.8, 4) is 0 Å². The minimum absolute atomic E-state index is 0.0400. The van der Waals surface area contributed by atoms with E-state index in [0.717, 1.165) is 55.6 Å². The van der Waals surface area contributed by atoms with Crippen LogP contribution < -0.4 is 0 Å². The predicted octanol–water partition coefficient (Wildman–Crippen LogP) is 6.87. The van der Waals surface area contributed by atoms with E-state index in [0.29, 0.717) is 13.0 Å². The summed E-state index contributed by atoms with van der Waals surface area (Å²) in [6, 6.07) is 17.3. The lowest BCUT2D eigenvalue weighted by molar-refractivity contribution is -0.110. The maximum Gasteiger partial charge on any atom is 0.253 e. The van der Waals surface area contributed by atoms with Crippen LogP contribution >= 0.6 is 11.6 Å². The van der Waals surface area contributed by atoms with Crippen molar-refractivity contribution >= 4 is 23.8 Å². The number of piperidine rings is 1. The zero-order valence-electron chi connectivity index (χ0n) is 22.2. The lowest BCUT2D eigenvalue weighted by atomic mass is 10.1. The Hall–Kier alpha value is -2.21.